The summed E-state index contributed by atoms with van der Waals surface area (Å²) in [6.45, 7) is 1.54. The largest absolute Gasteiger partial charge is 0.360 e. The first-order chi connectivity index (χ1) is 11.9. The number of nitrogens with one attached hydrogen (secondary N) is 1. The Kier molecular flexibility index (Phi) is 4.74. The first kappa shape index (κ1) is 17.4. The van der Waals surface area contributed by atoms with Crippen molar-refractivity contribution in [2.75, 3.05) is 5.32 Å². The van der Waals surface area contributed by atoms with Gasteiger partial charge in [0.15, 0.2) is 11.6 Å². The Hall–Kier alpha value is -2.44. The molecule has 8 heteroatoms. The van der Waals surface area contributed by atoms with Crippen LogP contribution in [0.15, 0.2) is 40.9 Å². The monoisotopic (exact) mass is 382 g/mol. The smallest absolute Gasteiger partial charge is 0.261 e. The van der Waals surface area contributed by atoms with Gasteiger partial charge >= 0.3 is 0 Å². The summed E-state index contributed by atoms with van der Waals surface area (Å²) in [6.07, 6.45) is 0. The Morgan fingerprint density at radius 3 is 2.44 bits per heavy atom. The van der Waals surface area contributed by atoms with Gasteiger partial charge in [0.05, 0.1) is 10.0 Å². The number of halogens is 4. The van der Waals surface area contributed by atoms with Gasteiger partial charge in [0.25, 0.3) is 5.91 Å². The van der Waals surface area contributed by atoms with Crippen LogP contribution in [0.4, 0.5) is 14.5 Å². The molecule has 0 saturated heterocycles. The molecule has 4 nitrogen and oxygen atoms in total. The Labute approximate surface area is 151 Å². The molecule has 1 N–H and O–H groups in total. The van der Waals surface area contributed by atoms with Crippen LogP contribution in [-0.4, -0.2) is 11.1 Å². The van der Waals surface area contributed by atoms with E-state index in [9.17, 15) is 13.6 Å². The van der Waals surface area contributed by atoms with Crippen LogP contribution < -0.4 is 5.32 Å². The van der Waals surface area contributed by atoms with E-state index in [2.05, 4.69) is 10.5 Å². The van der Waals surface area contributed by atoms with Crippen molar-refractivity contribution >= 4 is 34.8 Å². The number of hydrogen-bond acceptors (Lipinski definition) is 3. The van der Waals surface area contributed by atoms with E-state index in [0.717, 1.165) is 12.1 Å². The van der Waals surface area contributed by atoms with Gasteiger partial charge in [0.1, 0.15) is 17.0 Å². The number of anilines is 1. The van der Waals surface area contributed by atoms with Crippen LogP contribution in [0.2, 0.25) is 10.0 Å². The molecule has 0 aliphatic rings. The summed E-state index contributed by atoms with van der Waals surface area (Å²) < 4.78 is 31.4. The fourth-order valence-corrected chi connectivity index (χ4v) is 2.88. The lowest BCUT2D eigenvalue weighted by molar-refractivity contribution is 0.102. The van der Waals surface area contributed by atoms with Gasteiger partial charge in [-0.25, -0.2) is 8.78 Å². The molecule has 3 rings (SSSR count). The highest BCUT2D eigenvalue weighted by Gasteiger charge is 2.25. The number of aromatic nitrogens is 1. The zero-order chi connectivity index (χ0) is 18.1. The van der Waals surface area contributed by atoms with E-state index in [-0.39, 0.29) is 22.7 Å². The quantitative estimate of drug-likeness (QED) is 0.651. The molecular formula is C17H10Cl2F2N2O2. The lowest BCUT2D eigenvalue weighted by Crippen LogP contribution is -2.14. The molecule has 2 aromatic carbocycles. The highest BCUT2D eigenvalue weighted by Crippen LogP contribution is 2.37. The van der Waals surface area contributed by atoms with Gasteiger partial charge in [-0.15, -0.1) is 0 Å². The number of carbonyl (C=O) groups is 1. The van der Waals surface area contributed by atoms with Crippen LogP contribution in [0.1, 0.15) is 16.1 Å². The maximum absolute atomic E-state index is 13.3. The maximum atomic E-state index is 13.3. The predicted octanol–water partition coefficient (Wildman–Crippen LogP) is 5.49. The topological polar surface area (TPSA) is 55.1 Å². The highest BCUT2D eigenvalue weighted by atomic mass is 35.5. The van der Waals surface area contributed by atoms with Gasteiger partial charge < -0.3 is 9.84 Å². The molecule has 3 aromatic rings. The number of nitrogens with zero attached hydrogens (tertiary/aromatic N) is 1. The van der Waals surface area contributed by atoms with Gasteiger partial charge in [0, 0.05) is 17.3 Å². The number of benzene rings is 2. The van der Waals surface area contributed by atoms with Crippen LogP contribution in [0.3, 0.4) is 0 Å². The van der Waals surface area contributed by atoms with Crippen molar-refractivity contribution in [3.8, 4) is 11.3 Å². The molecule has 0 bridgehead atoms. The summed E-state index contributed by atoms with van der Waals surface area (Å²) in [5.74, 6) is -2.47. The Morgan fingerprint density at radius 2 is 1.80 bits per heavy atom. The second-order valence-corrected chi connectivity index (χ2v) is 5.96. The number of amides is 1. The fourth-order valence-electron chi connectivity index (χ4n) is 2.30. The number of hydrogen-bond donors (Lipinski definition) is 1. The van der Waals surface area contributed by atoms with Crippen LogP contribution in [0.25, 0.3) is 11.3 Å². The normalized spacial score (nSPS) is 10.8. The van der Waals surface area contributed by atoms with Gasteiger partial charge in [-0.2, -0.15) is 0 Å². The standard InChI is InChI=1S/C17H10Cl2F2N2O2/c1-8-14(17(24)22-9-5-6-12(20)13(21)7-9)16(23-25-8)15-10(18)3-2-4-11(15)19/h2-7H,1H3,(H,22,24). The average molecular weight is 383 g/mol. The molecule has 0 unspecified atom stereocenters. The third-order valence-electron chi connectivity index (χ3n) is 3.47. The minimum Gasteiger partial charge on any atom is -0.360 e. The van der Waals surface area contributed by atoms with Gasteiger partial charge in [-0.3, -0.25) is 4.79 Å². The number of rotatable bonds is 3. The molecule has 1 amide bonds. The predicted molar refractivity (Wildman–Crippen MR) is 91.0 cm³/mol. The van der Waals surface area contributed by atoms with Crippen LogP contribution >= 0.6 is 23.2 Å². The van der Waals surface area contributed by atoms with E-state index < -0.39 is 17.5 Å². The van der Waals surface area contributed by atoms with Crippen molar-refractivity contribution in [2.24, 2.45) is 0 Å². The summed E-state index contributed by atoms with van der Waals surface area (Å²) in [6, 6.07) is 7.88. The molecular weight excluding hydrogens is 373 g/mol. The van der Waals surface area contributed by atoms with E-state index in [0.29, 0.717) is 15.6 Å². The molecule has 1 heterocycles. The Balaban J connectivity index is 2.02. The molecule has 0 fully saturated rings. The molecule has 0 aliphatic heterocycles. The van der Waals surface area contributed by atoms with Crippen molar-refractivity contribution < 1.29 is 18.1 Å². The minimum atomic E-state index is -1.07. The summed E-state index contributed by atoms with van der Waals surface area (Å²) in [7, 11) is 0. The Bertz CT molecular complexity index is 953. The van der Waals surface area contributed by atoms with Crippen molar-refractivity contribution in [3.63, 3.8) is 0 Å². The van der Waals surface area contributed by atoms with E-state index >= 15 is 0 Å². The minimum absolute atomic E-state index is 0.0840. The molecule has 0 aliphatic carbocycles. The summed E-state index contributed by atoms with van der Waals surface area (Å²) >= 11 is 12.3. The van der Waals surface area contributed by atoms with Gasteiger partial charge in [0.2, 0.25) is 0 Å². The molecule has 128 valence electrons. The van der Waals surface area contributed by atoms with Crippen LogP contribution in [0, 0.1) is 18.6 Å². The van der Waals surface area contributed by atoms with Crippen molar-refractivity contribution in [3.05, 3.63) is 69.4 Å². The number of aryl methyl sites for hydroxylation is 1. The lowest BCUT2D eigenvalue weighted by atomic mass is 10.1. The zero-order valence-corrected chi connectivity index (χ0v) is 14.3. The van der Waals surface area contributed by atoms with E-state index in [1.807, 2.05) is 0 Å². The van der Waals surface area contributed by atoms with E-state index in [1.54, 1.807) is 25.1 Å². The third kappa shape index (κ3) is 3.36. The molecule has 0 spiro atoms. The van der Waals surface area contributed by atoms with Crippen molar-refractivity contribution in [1.82, 2.24) is 5.16 Å². The molecule has 25 heavy (non-hydrogen) atoms. The zero-order valence-electron chi connectivity index (χ0n) is 12.7. The SMILES string of the molecule is Cc1onc(-c2c(Cl)cccc2Cl)c1C(=O)Nc1ccc(F)c(F)c1. The second kappa shape index (κ2) is 6.82. The summed E-state index contributed by atoms with van der Waals surface area (Å²) in [5.41, 5.74) is 0.687. The van der Waals surface area contributed by atoms with Crippen LogP contribution in [0.5, 0.6) is 0 Å². The highest BCUT2D eigenvalue weighted by molar-refractivity contribution is 6.39. The average Bonchev–Trinajstić information content (AvgIpc) is 2.92. The van der Waals surface area contributed by atoms with E-state index in [4.69, 9.17) is 27.7 Å². The lowest BCUT2D eigenvalue weighted by Gasteiger charge is -2.08. The third-order valence-corrected chi connectivity index (χ3v) is 4.10. The molecule has 0 saturated carbocycles. The van der Waals surface area contributed by atoms with Crippen LogP contribution in [-0.2, 0) is 0 Å². The summed E-state index contributed by atoms with van der Waals surface area (Å²) in [5, 5.41) is 6.92. The maximum Gasteiger partial charge on any atom is 0.261 e. The fraction of sp³-hybridized carbons (Fsp3) is 0.0588. The first-order valence-corrected chi connectivity index (χ1v) is 7.81. The Morgan fingerprint density at radius 1 is 1.12 bits per heavy atom. The molecule has 1 aromatic heterocycles. The van der Waals surface area contributed by atoms with Crippen molar-refractivity contribution in [1.29, 1.82) is 0 Å². The van der Waals surface area contributed by atoms with E-state index in [1.165, 1.54) is 6.07 Å². The molecule has 0 radical (unpaired) electrons. The summed E-state index contributed by atoms with van der Waals surface area (Å²) in [4.78, 5) is 12.6. The van der Waals surface area contributed by atoms with Crippen molar-refractivity contribution in [2.45, 2.75) is 6.92 Å². The molecule has 0 atom stereocenters. The number of carbonyl (C=O) groups excluding carboxylic acids is 1. The first-order valence-electron chi connectivity index (χ1n) is 7.05. The second-order valence-electron chi connectivity index (χ2n) is 5.14. The van der Waals surface area contributed by atoms with Gasteiger partial charge in [-0.05, 0) is 31.2 Å². The van der Waals surface area contributed by atoms with Gasteiger partial charge in [-0.1, -0.05) is 34.4 Å².